The van der Waals surface area contributed by atoms with E-state index in [9.17, 15) is 18.0 Å². The third-order valence-electron chi connectivity index (χ3n) is 3.85. The fraction of sp³-hybridized carbons (Fsp3) is 0.300. The summed E-state index contributed by atoms with van der Waals surface area (Å²) in [5.41, 5.74) is 1.53. The van der Waals surface area contributed by atoms with Crippen LogP contribution in [0.15, 0.2) is 60.7 Å². The van der Waals surface area contributed by atoms with Gasteiger partial charge < -0.3 is 14.8 Å². The highest BCUT2D eigenvalue weighted by atomic mass is 32.3. The van der Waals surface area contributed by atoms with E-state index in [1.165, 1.54) is 0 Å². The Morgan fingerprint density at radius 1 is 0.900 bits per heavy atom. The van der Waals surface area contributed by atoms with E-state index in [1.807, 2.05) is 12.1 Å². The Morgan fingerprint density at radius 3 is 1.97 bits per heavy atom. The largest absolute Gasteiger partial charge is 0.459 e. The standard InChI is InChI=1S/C20H23NO8S/c1-26-30(24,25)29-13-12-18(19(22)27-14-16-8-4-2-5-9-16)21-20(23)28-15-17-10-6-3-7-11-17/h2-11,18H,12-15H2,1H3,(H,21,23). The molecule has 10 heteroatoms. The average Bonchev–Trinajstić information content (AvgIpc) is 2.76. The van der Waals surface area contributed by atoms with Crippen LogP contribution in [-0.4, -0.2) is 40.2 Å². The minimum Gasteiger partial charge on any atom is -0.459 e. The first-order valence-electron chi connectivity index (χ1n) is 9.02. The molecule has 9 nitrogen and oxygen atoms in total. The molecule has 0 saturated carbocycles. The quantitative estimate of drug-likeness (QED) is 0.532. The normalized spacial score (nSPS) is 12.0. The van der Waals surface area contributed by atoms with Crippen molar-refractivity contribution in [2.75, 3.05) is 13.7 Å². The number of hydrogen-bond donors (Lipinski definition) is 1. The van der Waals surface area contributed by atoms with Crippen LogP contribution in [-0.2, 0) is 46.2 Å². The Balaban J connectivity index is 1.92. The van der Waals surface area contributed by atoms with Crippen LogP contribution in [0.3, 0.4) is 0 Å². The molecule has 1 atom stereocenters. The molecule has 0 saturated heterocycles. The summed E-state index contributed by atoms with van der Waals surface area (Å²) in [4.78, 5) is 24.5. The van der Waals surface area contributed by atoms with Crippen molar-refractivity contribution in [3.05, 3.63) is 71.8 Å². The first-order chi connectivity index (χ1) is 14.4. The molecular weight excluding hydrogens is 414 g/mol. The highest BCUT2D eigenvalue weighted by molar-refractivity contribution is 7.81. The lowest BCUT2D eigenvalue weighted by molar-refractivity contribution is -0.147. The van der Waals surface area contributed by atoms with Crippen LogP contribution in [0.5, 0.6) is 0 Å². The summed E-state index contributed by atoms with van der Waals surface area (Å²) in [6.07, 6.45) is -1.02. The van der Waals surface area contributed by atoms with Crippen LogP contribution >= 0.6 is 0 Å². The Bertz CT molecular complexity index is 903. The van der Waals surface area contributed by atoms with Crippen molar-refractivity contribution in [3.63, 3.8) is 0 Å². The van der Waals surface area contributed by atoms with E-state index in [0.717, 1.165) is 18.2 Å². The average molecular weight is 437 g/mol. The maximum absolute atomic E-state index is 12.4. The van der Waals surface area contributed by atoms with Gasteiger partial charge in [0.1, 0.15) is 19.3 Å². The maximum atomic E-state index is 12.4. The first kappa shape index (κ1) is 23.3. The molecule has 0 fully saturated rings. The molecule has 0 aliphatic carbocycles. The van der Waals surface area contributed by atoms with E-state index in [1.54, 1.807) is 48.5 Å². The van der Waals surface area contributed by atoms with Gasteiger partial charge in [0.15, 0.2) is 0 Å². The number of esters is 1. The summed E-state index contributed by atoms with van der Waals surface area (Å²) in [6.45, 7) is -0.401. The monoisotopic (exact) mass is 437 g/mol. The summed E-state index contributed by atoms with van der Waals surface area (Å²) in [5.74, 6) is -0.756. The van der Waals surface area contributed by atoms with Crippen molar-refractivity contribution >= 4 is 22.5 Å². The Morgan fingerprint density at radius 2 is 1.43 bits per heavy atom. The number of carbonyl (C=O) groups is 2. The second-order valence-corrected chi connectivity index (χ2v) is 7.42. The van der Waals surface area contributed by atoms with Gasteiger partial charge in [-0.2, -0.15) is 8.42 Å². The van der Waals surface area contributed by atoms with Crippen LogP contribution in [0.4, 0.5) is 4.79 Å². The second-order valence-electron chi connectivity index (χ2n) is 6.04. The fourth-order valence-electron chi connectivity index (χ4n) is 2.30. The van der Waals surface area contributed by atoms with Crippen molar-refractivity contribution in [1.82, 2.24) is 5.32 Å². The molecule has 2 aromatic rings. The Kier molecular flexibility index (Phi) is 9.26. The van der Waals surface area contributed by atoms with Crippen LogP contribution in [0.25, 0.3) is 0 Å². The minimum atomic E-state index is -4.17. The zero-order chi connectivity index (χ0) is 21.8. The molecule has 1 unspecified atom stereocenters. The van der Waals surface area contributed by atoms with Crippen molar-refractivity contribution in [2.24, 2.45) is 0 Å². The zero-order valence-electron chi connectivity index (χ0n) is 16.4. The maximum Gasteiger partial charge on any atom is 0.408 e. The smallest absolute Gasteiger partial charge is 0.408 e. The number of alkyl carbamates (subject to hydrolysis) is 1. The third-order valence-corrected chi connectivity index (χ3v) is 4.72. The van der Waals surface area contributed by atoms with Gasteiger partial charge in [-0.25, -0.2) is 13.8 Å². The summed E-state index contributed by atoms with van der Waals surface area (Å²) >= 11 is 0. The molecule has 0 aromatic heterocycles. The van der Waals surface area contributed by atoms with E-state index >= 15 is 0 Å². The van der Waals surface area contributed by atoms with Crippen molar-refractivity contribution in [1.29, 1.82) is 0 Å². The van der Waals surface area contributed by atoms with E-state index in [0.29, 0.717) is 0 Å². The predicted molar refractivity (Wildman–Crippen MR) is 106 cm³/mol. The van der Waals surface area contributed by atoms with Crippen molar-refractivity contribution < 1.29 is 35.8 Å². The molecule has 0 spiro atoms. The van der Waals surface area contributed by atoms with Gasteiger partial charge in [0, 0.05) is 6.42 Å². The molecule has 2 aromatic carbocycles. The molecule has 0 heterocycles. The van der Waals surface area contributed by atoms with E-state index in [4.69, 9.17) is 9.47 Å². The summed E-state index contributed by atoms with van der Waals surface area (Å²) in [6, 6.07) is 16.8. The Hall–Kier alpha value is -2.95. The van der Waals surface area contributed by atoms with Crippen LogP contribution in [0.1, 0.15) is 17.5 Å². The number of amides is 1. The number of benzene rings is 2. The minimum absolute atomic E-state index is 0.00581. The number of nitrogens with one attached hydrogen (secondary N) is 1. The van der Waals surface area contributed by atoms with Gasteiger partial charge >= 0.3 is 22.5 Å². The number of hydrogen-bond acceptors (Lipinski definition) is 8. The van der Waals surface area contributed by atoms with Gasteiger partial charge in [-0.05, 0) is 11.1 Å². The van der Waals surface area contributed by atoms with Crippen LogP contribution in [0, 0.1) is 0 Å². The lowest BCUT2D eigenvalue weighted by Crippen LogP contribution is -2.43. The molecule has 0 bridgehead atoms. The topological polar surface area (TPSA) is 117 Å². The van der Waals surface area contributed by atoms with Gasteiger partial charge in [0.05, 0.1) is 13.7 Å². The van der Waals surface area contributed by atoms with Crippen molar-refractivity contribution in [3.8, 4) is 0 Å². The van der Waals surface area contributed by atoms with Crippen LogP contribution in [0.2, 0.25) is 0 Å². The fourth-order valence-corrected chi connectivity index (χ4v) is 2.70. The molecule has 2 rings (SSSR count). The number of carbonyl (C=O) groups excluding carboxylic acids is 2. The van der Waals surface area contributed by atoms with E-state index < -0.39 is 35.1 Å². The first-order valence-corrected chi connectivity index (χ1v) is 10.4. The van der Waals surface area contributed by atoms with E-state index in [2.05, 4.69) is 13.7 Å². The highest BCUT2D eigenvalue weighted by Gasteiger charge is 2.24. The lowest BCUT2D eigenvalue weighted by Gasteiger charge is -2.17. The summed E-state index contributed by atoms with van der Waals surface area (Å²) < 4.78 is 41.6. The van der Waals surface area contributed by atoms with Crippen molar-refractivity contribution in [2.45, 2.75) is 25.7 Å². The van der Waals surface area contributed by atoms with Gasteiger partial charge in [-0.1, -0.05) is 60.7 Å². The molecule has 0 aliphatic heterocycles. The highest BCUT2D eigenvalue weighted by Crippen LogP contribution is 2.06. The van der Waals surface area contributed by atoms with E-state index in [-0.39, 0.29) is 19.6 Å². The van der Waals surface area contributed by atoms with Crippen LogP contribution < -0.4 is 5.32 Å². The molecular formula is C20H23NO8S. The van der Waals surface area contributed by atoms with Gasteiger partial charge in [0.25, 0.3) is 0 Å². The SMILES string of the molecule is COS(=O)(=O)OCCC(NC(=O)OCc1ccccc1)C(=O)OCc1ccccc1. The predicted octanol–water partition coefficient (Wildman–Crippen LogP) is 2.32. The van der Waals surface area contributed by atoms with Gasteiger partial charge in [-0.3, -0.25) is 4.18 Å². The zero-order valence-corrected chi connectivity index (χ0v) is 17.2. The van der Waals surface area contributed by atoms with Gasteiger partial charge in [-0.15, -0.1) is 0 Å². The molecule has 1 N–H and O–H groups in total. The number of rotatable bonds is 11. The molecule has 0 aliphatic rings. The second kappa shape index (κ2) is 11.9. The lowest BCUT2D eigenvalue weighted by atomic mass is 10.2. The molecule has 0 radical (unpaired) electrons. The molecule has 30 heavy (non-hydrogen) atoms. The third kappa shape index (κ3) is 8.60. The Labute approximate surface area is 175 Å². The molecule has 162 valence electrons. The number of ether oxygens (including phenoxy) is 2. The summed E-state index contributed by atoms with van der Waals surface area (Å²) in [7, 11) is -3.22. The van der Waals surface area contributed by atoms with Gasteiger partial charge in [0.2, 0.25) is 0 Å². The molecule has 1 amide bonds. The summed E-state index contributed by atoms with van der Waals surface area (Å²) in [5, 5.41) is 2.38.